The molecule has 1 aliphatic heterocycles. The molecule has 0 aromatic rings. The van der Waals surface area contributed by atoms with Crippen LogP contribution in [0.5, 0.6) is 0 Å². The summed E-state index contributed by atoms with van der Waals surface area (Å²) in [6, 6.07) is 0. The minimum Gasteiger partial charge on any atom is -0.459 e. The van der Waals surface area contributed by atoms with Gasteiger partial charge in [-0.05, 0) is 39.5 Å². The molecule has 3 aliphatic rings. The van der Waals surface area contributed by atoms with Gasteiger partial charge in [-0.2, -0.15) is 0 Å². The Morgan fingerprint density at radius 2 is 2.18 bits per heavy atom. The summed E-state index contributed by atoms with van der Waals surface area (Å²) in [7, 11) is 0. The molecule has 0 aromatic carbocycles. The summed E-state index contributed by atoms with van der Waals surface area (Å²) in [6.07, 6.45) is 3.69. The number of esters is 2. The Kier molecular flexibility index (Phi) is 3.66. The van der Waals surface area contributed by atoms with E-state index in [-0.39, 0.29) is 29.9 Å². The molecule has 4 atom stereocenters. The Morgan fingerprint density at radius 3 is 2.86 bits per heavy atom. The van der Waals surface area contributed by atoms with E-state index in [1.165, 1.54) is 11.1 Å². The van der Waals surface area contributed by atoms with Crippen molar-refractivity contribution >= 4 is 11.9 Å². The van der Waals surface area contributed by atoms with Gasteiger partial charge < -0.3 is 9.47 Å². The molecule has 4 unspecified atom stereocenters. The van der Waals surface area contributed by atoms with Crippen LogP contribution in [0, 0.1) is 11.8 Å². The molecule has 0 spiro atoms. The number of carbonyl (C=O) groups is 2. The SMILES string of the molecule is C=C1C(=O)OC2C1CCC(C)=C1CCC(C)(OC(=O)CC)C12. The Bertz CT molecular complexity index is 574. The maximum atomic E-state index is 12.0. The van der Waals surface area contributed by atoms with Crippen molar-refractivity contribution in [2.45, 2.75) is 64.6 Å². The first-order chi connectivity index (χ1) is 10.4. The highest BCUT2D eigenvalue weighted by molar-refractivity contribution is 5.91. The molecule has 120 valence electrons. The van der Waals surface area contributed by atoms with Crippen molar-refractivity contribution in [3.63, 3.8) is 0 Å². The average Bonchev–Trinajstić information content (AvgIpc) is 2.89. The molecule has 1 saturated carbocycles. The quantitative estimate of drug-likeness (QED) is 0.446. The summed E-state index contributed by atoms with van der Waals surface area (Å²) in [6.45, 7) is 9.87. The van der Waals surface area contributed by atoms with Crippen LogP contribution < -0.4 is 0 Å². The van der Waals surface area contributed by atoms with Crippen LogP contribution in [0.2, 0.25) is 0 Å². The van der Waals surface area contributed by atoms with E-state index in [1.54, 1.807) is 6.92 Å². The largest absolute Gasteiger partial charge is 0.459 e. The molecule has 0 radical (unpaired) electrons. The molecular weight excluding hydrogens is 280 g/mol. The van der Waals surface area contributed by atoms with E-state index < -0.39 is 5.60 Å². The highest BCUT2D eigenvalue weighted by Gasteiger charge is 2.56. The van der Waals surface area contributed by atoms with E-state index in [1.807, 2.05) is 6.92 Å². The van der Waals surface area contributed by atoms with Gasteiger partial charge in [0.05, 0.1) is 5.92 Å². The maximum absolute atomic E-state index is 12.0. The standard InChI is InChI=1S/C18H24O4/c1-5-14(19)22-18(4)9-8-12-10(2)6-7-13-11(3)17(20)21-16(13)15(12)18/h13,15-16H,3,5-9H2,1-2,4H3. The molecule has 1 saturated heterocycles. The molecule has 2 fully saturated rings. The summed E-state index contributed by atoms with van der Waals surface area (Å²) in [5.74, 6) is -0.461. The lowest BCUT2D eigenvalue weighted by Gasteiger charge is -2.36. The summed E-state index contributed by atoms with van der Waals surface area (Å²) >= 11 is 0. The van der Waals surface area contributed by atoms with E-state index in [4.69, 9.17) is 9.47 Å². The van der Waals surface area contributed by atoms with E-state index in [2.05, 4.69) is 13.5 Å². The van der Waals surface area contributed by atoms with Crippen LogP contribution in [0.4, 0.5) is 0 Å². The molecule has 4 nitrogen and oxygen atoms in total. The number of allylic oxidation sites excluding steroid dienone is 1. The Hall–Kier alpha value is -1.58. The van der Waals surface area contributed by atoms with E-state index in [0.29, 0.717) is 12.0 Å². The van der Waals surface area contributed by atoms with Gasteiger partial charge in [-0.3, -0.25) is 4.79 Å². The molecule has 4 heteroatoms. The van der Waals surface area contributed by atoms with Gasteiger partial charge >= 0.3 is 11.9 Å². The molecule has 0 amide bonds. The second kappa shape index (κ2) is 5.25. The molecule has 0 bridgehead atoms. The van der Waals surface area contributed by atoms with Gasteiger partial charge in [-0.1, -0.05) is 24.6 Å². The molecule has 1 heterocycles. The number of carbonyl (C=O) groups excluding carboxylic acids is 2. The third kappa shape index (κ3) is 2.20. The van der Waals surface area contributed by atoms with E-state index >= 15 is 0 Å². The minimum absolute atomic E-state index is 0.0290. The molecular formula is C18H24O4. The molecule has 0 aromatic heterocycles. The smallest absolute Gasteiger partial charge is 0.334 e. The predicted octanol–water partition coefficient (Wildman–Crippen LogP) is 3.32. The van der Waals surface area contributed by atoms with Crippen molar-refractivity contribution in [2.24, 2.45) is 11.8 Å². The first kappa shape index (κ1) is 15.3. The predicted molar refractivity (Wildman–Crippen MR) is 82.0 cm³/mol. The number of rotatable bonds is 2. The highest BCUT2D eigenvalue weighted by Crippen LogP contribution is 2.53. The van der Waals surface area contributed by atoms with Gasteiger partial charge in [-0.15, -0.1) is 0 Å². The van der Waals surface area contributed by atoms with Crippen molar-refractivity contribution in [1.29, 1.82) is 0 Å². The molecule has 2 aliphatic carbocycles. The number of hydrogen-bond donors (Lipinski definition) is 0. The lowest BCUT2D eigenvalue weighted by atomic mass is 9.79. The molecule has 0 N–H and O–H groups in total. The second-order valence-corrected chi connectivity index (χ2v) is 6.96. The van der Waals surface area contributed by atoms with Crippen molar-refractivity contribution in [2.75, 3.05) is 0 Å². The van der Waals surface area contributed by atoms with Crippen molar-refractivity contribution < 1.29 is 19.1 Å². The summed E-state index contributed by atoms with van der Waals surface area (Å²) in [5, 5.41) is 0. The van der Waals surface area contributed by atoms with Gasteiger partial charge in [0.1, 0.15) is 11.7 Å². The van der Waals surface area contributed by atoms with Gasteiger partial charge in [0, 0.05) is 17.9 Å². The number of ether oxygens (including phenoxy) is 2. The van der Waals surface area contributed by atoms with Crippen molar-refractivity contribution in [3.05, 3.63) is 23.3 Å². The third-order valence-electron chi connectivity index (χ3n) is 5.62. The van der Waals surface area contributed by atoms with Gasteiger partial charge in [0.2, 0.25) is 0 Å². The summed E-state index contributed by atoms with van der Waals surface area (Å²) in [5.41, 5.74) is 2.68. The first-order valence-corrected chi connectivity index (χ1v) is 8.17. The zero-order valence-corrected chi connectivity index (χ0v) is 13.6. The van der Waals surface area contributed by atoms with Crippen molar-refractivity contribution in [3.8, 4) is 0 Å². The monoisotopic (exact) mass is 304 g/mol. The lowest BCUT2D eigenvalue weighted by molar-refractivity contribution is -0.166. The van der Waals surface area contributed by atoms with E-state index in [0.717, 1.165) is 25.7 Å². The molecule has 3 rings (SSSR count). The van der Waals surface area contributed by atoms with Crippen LogP contribution in [-0.4, -0.2) is 23.6 Å². The van der Waals surface area contributed by atoms with Gasteiger partial charge in [0.25, 0.3) is 0 Å². The fraction of sp³-hybridized carbons (Fsp3) is 0.667. The van der Waals surface area contributed by atoms with Crippen LogP contribution in [0.3, 0.4) is 0 Å². The second-order valence-electron chi connectivity index (χ2n) is 6.96. The lowest BCUT2D eigenvalue weighted by Crippen LogP contribution is -2.43. The third-order valence-corrected chi connectivity index (χ3v) is 5.62. The zero-order chi connectivity index (χ0) is 16.1. The summed E-state index contributed by atoms with van der Waals surface area (Å²) in [4.78, 5) is 23.8. The Labute approximate surface area is 131 Å². The van der Waals surface area contributed by atoms with Gasteiger partial charge in [0.15, 0.2) is 0 Å². The van der Waals surface area contributed by atoms with Crippen LogP contribution in [0.1, 0.15) is 52.9 Å². The highest BCUT2D eigenvalue weighted by atomic mass is 16.6. The van der Waals surface area contributed by atoms with Crippen LogP contribution in [0.25, 0.3) is 0 Å². The fourth-order valence-electron chi connectivity index (χ4n) is 4.34. The van der Waals surface area contributed by atoms with Crippen LogP contribution in [0.15, 0.2) is 23.3 Å². The first-order valence-electron chi connectivity index (χ1n) is 8.17. The van der Waals surface area contributed by atoms with Crippen molar-refractivity contribution in [1.82, 2.24) is 0 Å². The zero-order valence-electron chi connectivity index (χ0n) is 13.6. The summed E-state index contributed by atoms with van der Waals surface area (Å²) < 4.78 is 11.5. The Balaban J connectivity index is 2.00. The fourth-order valence-corrected chi connectivity index (χ4v) is 4.34. The topological polar surface area (TPSA) is 52.6 Å². The number of fused-ring (bicyclic) bond motifs is 3. The Morgan fingerprint density at radius 1 is 1.45 bits per heavy atom. The maximum Gasteiger partial charge on any atom is 0.334 e. The van der Waals surface area contributed by atoms with Crippen LogP contribution >= 0.6 is 0 Å². The average molecular weight is 304 g/mol. The minimum atomic E-state index is -0.582. The van der Waals surface area contributed by atoms with E-state index in [9.17, 15) is 9.59 Å². The van der Waals surface area contributed by atoms with Crippen LogP contribution in [-0.2, 0) is 19.1 Å². The number of hydrogen-bond acceptors (Lipinski definition) is 4. The van der Waals surface area contributed by atoms with Gasteiger partial charge in [-0.25, -0.2) is 4.79 Å². The normalized spacial score (nSPS) is 37.5. The molecule has 22 heavy (non-hydrogen) atoms.